The van der Waals surface area contributed by atoms with Crippen LogP contribution in [-0.2, 0) is 15.8 Å². The second-order valence-electron chi connectivity index (χ2n) is 7.82. The zero-order valence-corrected chi connectivity index (χ0v) is 14.1. The highest BCUT2D eigenvalue weighted by Gasteiger charge is 2.59. The van der Waals surface area contributed by atoms with Crippen LogP contribution < -0.4 is 0 Å². The summed E-state index contributed by atoms with van der Waals surface area (Å²) in [5.41, 5.74) is -0.603. The third-order valence-corrected chi connectivity index (χ3v) is 6.33. The van der Waals surface area contributed by atoms with Crippen LogP contribution in [0.25, 0.3) is 0 Å². The number of aliphatic carboxylic acids is 1. The fraction of sp³-hybridized carbons (Fsp3) is 0.579. The SMILES string of the molecule is O=C(O)C1CC12CCN(C(=O)C1CC1c1ccccc1C(F)(F)F)CC2. The predicted molar refractivity (Wildman–Crippen MR) is 86.3 cm³/mol. The summed E-state index contributed by atoms with van der Waals surface area (Å²) in [5, 5.41) is 9.12. The summed E-state index contributed by atoms with van der Waals surface area (Å²) >= 11 is 0. The molecule has 26 heavy (non-hydrogen) atoms. The minimum Gasteiger partial charge on any atom is -0.481 e. The molecule has 1 aromatic rings. The number of carboxylic acid groups (broad SMARTS) is 1. The first kappa shape index (κ1) is 17.4. The Morgan fingerprint density at radius 1 is 1.15 bits per heavy atom. The molecular weight excluding hydrogens is 347 g/mol. The molecular formula is C19H20F3NO3. The lowest BCUT2D eigenvalue weighted by Crippen LogP contribution is -2.41. The number of benzene rings is 1. The van der Waals surface area contributed by atoms with Gasteiger partial charge in [0.25, 0.3) is 0 Å². The van der Waals surface area contributed by atoms with E-state index in [4.69, 9.17) is 5.11 Å². The molecule has 7 heteroatoms. The maximum Gasteiger partial charge on any atom is 0.416 e. The Bertz CT molecular complexity index is 753. The van der Waals surface area contributed by atoms with Gasteiger partial charge < -0.3 is 10.0 Å². The van der Waals surface area contributed by atoms with Crippen LogP contribution in [0.5, 0.6) is 0 Å². The molecule has 140 valence electrons. The lowest BCUT2D eigenvalue weighted by Gasteiger charge is -2.33. The molecule has 3 unspecified atom stereocenters. The van der Waals surface area contributed by atoms with Crippen LogP contribution in [0.1, 0.15) is 42.7 Å². The summed E-state index contributed by atoms with van der Waals surface area (Å²) in [7, 11) is 0. The summed E-state index contributed by atoms with van der Waals surface area (Å²) in [5.74, 6) is -1.91. The Morgan fingerprint density at radius 2 is 1.81 bits per heavy atom. The molecule has 1 heterocycles. The van der Waals surface area contributed by atoms with Gasteiger partial charge >= 0.3 is 12.1 Å². The minimum absolute atomic E-state index is 0.0886. The summed E-state index contributed by atoms with van der Waals surface area (Å²) in [6, 6.07) is 5.48. The monoisotopic (exact) mass is 367 g/mol. The number of carbonyl (C=O) groups is 2. The van der Waals surface area contributed by atoms with Gasteiger partial charge in [0.05, 0.1) is 11.5 Å². The number of alkyl halides is 3. The zero-order valence-electron chi connectivity index (χ0n) is 14.1. The van der Waals surface area contributed by atoms with Crippen LogP contribution in [0.15, 0.2) is 24.3 Å². The van der Waals surface area contributed by atoms with E-state index in [1.807, 2.05) is 0 Å². The molecule has 1 aliphatic heterocycles. The van der Waals surface area contributed by atoms with Gasteiger partial charge in [0, 0.05) is 19.0 Å². The van der Waals surface area contributed by atoms with Gasteiger partial charge in [-0.15, -0.1) is 0 Å². The molecule has 0 radical (unpaired) electrons. The van der Waals surface area contributed by atoms with Gasteiger partial charge in [0.15, 0.2) is 0 Å². The molecule has 4 rings (SSSR count). The van der Waals surface area contributed by atoms with Crippen molar-refractivity contribution in [1.82, 2.24) is 4.90 Å². The number of rotatable bonds is 3. The Morgan fingerprint density at radius 3 is 2.38 bits per heavy atom. The van der Waals surface area contributed by atoms with E-state index in [1.54, 1.807) is 11.0 Å². The van der Waals surface area contributed by atoms with Crippen molar-refractivity contribution in [1.29, 1.82) is 0 Å². The van der Waals surface area contributed by atoms with Gasteiger partial charge in [-0.25, -0.2) is 0 Å². The van der Waals surface area contributed by atoms with Gasteiger partial charge in [-0.05, 0) is 48.6 Å². The van der Waals surface area contributed by atoms with Gasteiger partial charge in [-0.3, -0.25) is 9.59 Å². The number of carbonyl (C=O) groups excluding carboxylic acids is 1. The largest absolute Gasteiger partial charge is 0.481 e. The highest BCUT2D eigenvalue weighted by molar-refractivity contribution is 5.83. The lowest BCUT2D eigenvalue weighted by molar-refractivity contribution is -0.140. The average Bonchev–Trinajstić information content (AvgIpc) is 3.49. The van der Waals surface area contributed by atoms with Gasteiger partial charge in [-0.2, -0.15) is 13.2 Å². The van der Waals surface area contributed by atoms with Crippen molar-refractivity contribution in [3.63, 3.8) is 0 Å². The van der Waals surface area contributed by atoms with E-state index in [0.717, 1.165) is 6.07 Å². The molecule has 1 spiro atoms. The van der Waals surface area contributed by atoms with E-state index in [-0.39, 0.29) is 34.6 Å². The number of nitrogens with zero attached hydrogens (tertiary/aromatic N) is 1. The van der Waals surface area contributed by atoms with E-state index in [9.17, 15) is 22.8 Å². The van der Waals surface area contributed by atoms with Crippen LogP contribution in [0.3, 0.4) is 0 Å². The topological polar surface area (TPSA) is 57.6 Å². The fourth-order valence-corrected chi connectivity index (χ4v) is 4.55. The second-order valence-corrected chi connectivity index (χ2v) is 7.82. The normalized spacial score (nSPS) is 29.5. The summed E-state index contributed by atoms with van der Waals surface area (Å²) in [6.07, 6.45) is -1.94. The molecule has 2 saturated carbocycles. The lowest BCUT2D eigenvalue weighted by atomic mass is 9.90. The summed E-state index contributed by atoms with van der Waals surface area (Å²) in [6.45, 7) is 1.01. The highest BCUT2D eigenvalue weighted by Crippen LogP contribution is 2.60. The number of hydrogen-bond donors (Lipinski definition) is 1. The number of carboxylic acids is 1. The molecule has 1 N–H and O–H groups in total. The molecule has 0 aromatic heterocycles. The van der Waals surface area contributed by atoms with Gasteiger partial charge in [0.2, 0.25) is 5.91 Å². The first-order chi connectivity index (χ1) is 12.2. The van der Waals surface area contributed by atoms with Gasteiger partial charge in [0.1, 0.15) is 0 Å². The molecule has 4 nitrogen and oxygen atoms in total. The van der Waals surface area contributed by atoms with Crippen LogP contribution in [0, 0.1) is 17.3 Å². The molecule has 3 aliphatic rings. The van der Waals surface area contributed by atoms with Crippen molar-refractivity contribution in [2.24, 2.45) is 17.3 Å². The average molecular weight is 367 g/mol. The Kier molecular flexibility index (Phi) is 3.82. The Balaban J connectivity index is 1.40. The predicted octanol–water partition coefficient (Wildman–Crippen LogP) is 3.52. The third kappa shape index (κ3) is 2.87. The molecule has 1 saturated heterocycles. The van der Waals surface area contributed by atoms with E-state index >= 15 is 0 Å². The number of amides is 1. The minimum atomic E-state index is -4.41. The Hall–Kier alpha value is -2.05. The molecule has 3 fully saturated rings. The Labute approximate surface area is 149 Å². The fourth-order valence-electron chi connectivity index (χ4n) is 4.55. The molecule has 0 bridgehead atoms. The van der Waals surface area contributed by atoms with Crippen molar-refractivity contribution in [3.8, 4) is 0 Å². The number of piperidine rings is 1. The third-order valence-electron chi connectivity index (χ3n) is 6.33. The van der Waals surface area contributed by atoms with E-state index < -0.39 is 17.7 Å². The summed E-state index contributed by atoms with van der Waals surface area (Å²) in [4.78, 5) is 25.5. The molecule has 1 aromatic carbocycles. The van der Waals surface area contributed by atoms with Crippen molar-refractivity contribution in [2.75, 3.05) is 13.1 Å². The van der Waals surface area contributed by atoms with Crippen LogP contribution in [0.4, 0.5) is 13.2 Å². The highest BCUT2D eigenvalue weighted by atomic mass is 19.4. The van der Waals surface area contributed by atoms with Crippen molar-refractivity contribution < 1.29 is 27.9 Å². The summed E-state index contributed by atoms with van der Waals surface area (Å²) < 4.78 is 39.5. The van der Waals surface area contributed by atoms with Crippen LogP contribution >= 0.6 is 0 Å². The van der Waals surface area contributed by atoms with Crippen molar-refractivity contribution in [2.45, 2.75) is 37.8 Å². The molecule has 2 aliphatic carbocycles. The second kappa shape index (κ2) is 5.72. The maximum atomic E-state index is 13.2. The standard InChI is InChI=1S/C19H20F3NO3/c20-19(21,22)14-4-2-1-3-11(14)12-9-13(12)16(24)23-7-5-18(6-8-23)10-15(18)17(25)26/h1-4,12-13,15H,5-10H2,(H,25,26). The maximum absolute atomic E-state index is 13.2. The van der Waals surface area contributed by atoms with Crippen molar-refractivity contribution in [3.05, 3.63) is 35.4 Å². The van der Waals surface area contributed by atoms with Crippen molar-refractivity contribution >= 4 is 11.9 Å². The van der Waals surface area contributed by atoms with Crippen LogP contribution in [0.2, 0.25) is 0 Å². The van der Waals surface area contributed by atoms with E-state index in [0.29, 0.717) is 38.8 Å². The molecule has 1 amide bonds. The number of hydrogen-bond acceptors (Lipinski definition) is 2. The zero-order chi connectivity index (χ0) is 18.7. The quantitative estimate of drug-likeness (QED) is 0.889. The smallest absolute Gasteiger partial charge is 0.416 e. The van der Waals surface area contributed by atoms with E-state index in [2.05, 4.69) is 0 Å². The molecule has 3 atom stereocenters. The first-order valence-electron chi connectivity index (χ1n) is 8.91. The van der Waals surface area contributed by atoms with Gasteiger partial charge in [-0.1, -0.05) is 18.2 Å². The number of halogens is 3. The van der Waals surface area contributed by atoms with Crippen LogP contribution in [-0.4, -0.2) is 35.0 Å². The van der Waals surface area contributed by atoms with E-state index in [1.165, 1.54) is 12.1 Å². The number of likely N-dealkylation sites (tertiary alicyclic amines) is 1. The first-order valence-corrected chi connectivity index (χ1v) is 8.91.